The standard InChI is InChI=1S/C17H25N3O2S/c1-12-6-13(2)8-20(7-12)9-15-11-23-17(18-15)19-16(21)14-4-3-5-22-10-14/h10-13H,3-9H2,1-2H3,(H,18,19,21). The summed E-state index contributed by atoms with van der Waals surface area (Å²) in [7, 11) is 0. The molecule has 5 nitrogen and oxygen atoms in total. The zero-order valence-corrected chi connectivity index (χ0v) is 14.7. The lowest BCUT2D eigenvalue weighted by atomic mass is 9.92. The Kier molecular flexibility index (Phi) is 5.33. The van der Waals surface area contributed by atoms with Crippen molar-refractivity contribution in [1.82, 2.24) is 9.88 Å². The maximum absolute atomic E-state index is 12.1. The number of ether oxygens (including phenoxy) is 1. The summed E-state index contributed by atoms with van der Waals surface area (Å²) in [6, 6.07) is 0. The molecule has 3 heterocycles. The van der Waals surface area contributed by atoms with Crippen molar-refractivity contribution in [3.8, 4) is 0 Å². The van der Waals surface area contributed by atoms with Crippen molar-refractivity contribution in [3.63, 3.8) is 0 Å². The number of hydrogen-bond acceptors (Lipinski definition) is 5. The highest BCUT2D eigenvalue weighted by molar-refractivity contribution is 7.13. The molecule has 1 aromatic heterocycles. The molecule has 0 spiro atoms. The van der Waals surface area contributed by atoms with Crippen molar-refractivity contribution in [2.45, 2.75) is 39.7 Å². The topological polar surface area (TPSA) is 54.5 Å². The van der Waals surface area contributed by atoms with Crippen molar-refractivity contribution in [1.29, 1.82) is 0 Å². The van der Waals surface area contributed by atoms with Crippen LogP contribution in [0.2, 0.25) is 0 Å². The molecule has 0 bridgehead atoms. The number of nitrogens with one attached hydrogen (secondary N) is 1. The number of rotatable bonds is 4. The summed E-state index contributed by atoms with van der Waals surface area (Å²) < 4.78 is 5.22. The van der Waals surface area contributed by atoms with E-state index in [0.717, 1.165) is 50.0 Å². The first kappa shape index (κ1) is 16.5. The van der Waals surface area contributed by atoms with Crippen LogP contribution in [0.4, 0.5) is 5.13 Å². The number of nitrogens with zero attached hydrogens (tertiary/aromatic N) is 2. The van der Waals surface area contributed by atoms with Crippen LogP contribution < -0.4 is 5.32 Å². The number of carbonyl (C=O) groups is 1. The number of thiazole rings is 1. The predicted octanol–water partition coefficient (Wildman–Crippen LogP) is 3.25. The molecule has 1 saturated heterocycles. The molecule has 1 fully saturated rings. The van der Waals surface area contributed by atoms with E-state index in [1.54, 1.807) is 6.26 Å². The summed E-state index contributed by atoms with van der Waals surface area (Å²) in [5.74, 6) is 1.40. The van der Waals surface area contributed by atoms with E-state index in [1.165, 1.54) is 17.8 Å². The fourth-order valence-electron chi connectivity index (χ4n) is 3.50. The lowest BCUT2D eigenvalue weighted by molar-refractivity contribution is -0.113. The predicted molar refractivity (Wildman–Crippen MR) is 92.2 cm³/mol. The van der Waals surface area contributed by atoms with Gasteiger partial charge in [0, 0.05) is 25.0 Å². The summed E-state index contributed by atoms with van der Waals surface area (Å²) in [6.45, 7) is 8.46. The highest BCUT2D eigenvalue weighted by Gasteiger charge is 2.22. The van der Waals surface area contributed by atoms with E-state index in [-0.39, 0.29) is 5.91 Å². The van der Waals surface area contributed by atoms with E-state index in [9.17, 15) is 4.79 Å². The second-order valence-electron chi connectivity index (χ2n) is 6.86. The first-order valence-electron chi connectivity index (χ1n) is 8.39. The van der Waals surface area contributed by atoms with Crippen LogP contribution in [0.25, 0.3) is 0 Å². The second kappa shape index (κ2) is 7.45. The van der Waals surface area contributed by atoms with Gasteiger partial charge in [-0.05, 0) is 31.1 Å². The molecule has 2 unspecified atom stereocenters. The van der Waals surface area contributed by atoms with Crippen molar-refractivity contribution < 1.29 is 9.53 Å². The minimum absolute atomic E-state index is 0.0918. The third kappa shape index (κ3) is 4.54. The summed E-state index contributed by atoms with van der Waals surface area (Å²) >= 11 is 1.49. The Labute approximate surface area is 141 Å². The molecule has 3 rings (SSSR count). The summed E-state index contributed by atoms with van der Waals surface area (Å²) in [5, 5.41) is 5.61. The van der Waals surface area contributed by atoms with Gasteiger partial charge >= 0.3 is 0 Å². The number of likely N-dealkylation sites (tertiary alicyclic amines) is 1. The molecule has 6 heteroatoms. The van der Waals surface area contributed by atoms with E-state index in [4.69, 9.17) is 4.74 Å². The van der Waals surface area contributed by atoms with Crippen LogP contribution in [-0.4, -0.2) is 35.5 Å². The number of aromatic nitrogens is 1. The first-order chi connectivity index (χ1) is 11.1. The van der Waals surface area contributed by atoms with Crippen LogP contribution in [0.1, 0.15) is 38.8 Å². The Morgan fingerprint density at radius 3 is 2.91 bits per heavy atom. The average Bonchev–Trinajstić information content (AvgIpc) is 2.94. The molecule has 2 aliphatic heterocycles. The number of carbonyl (C=O) groups excluding carboxylic acids is 1. The quantitative estimate of drug-likeness (QED) is 0.918. The van der Waals surface area contributed by atoms with E-state index in [0.29, 0.717) is 17.3 Å². The molecular weight excluding hydrogens is 310 g/mol. The maximum atomic E-state index is 12.1. The molecule has 0 aliphatic carbocycles. The minimum atomic E-state index is -0.0918. The van der Waals surface area contributed by atoms with Crippen LogP contribution in [-0.2, 0) is 16.1 Å². The van der Waals surface area contributed by atoms with Crippen LogP contribution in [0.3, 0.4) is 0 Å². The second-order valence-corrected chi connectivity index (χ2v) is 7.71. The van der Waals surface area contributed by atoms with Crippen LogP contribution in [0, 0.1) is 11.8 Å². The zero-order chi connectivity index (χ0) is 16.2. The Morgan fingerprint density at radius 2 is 2.22 bits per heavy atom. The van der Waals surface area contributed by atoms with Gasteiger partial charge in [0.25, 0.3) is 5.91 Å². The molecule has 0 aromatic carbocycles. The minimum Gasteiger partial charge on any atom is -0.501 e. The van der Waals surface area contributed by atoms with Crippen LogP contribution in [0.15, 0.2) is 17.2 Å². The zero-order valence-electron chi connectivity index (χ0n) is 13.9. The van der Waals surface area contributed by atoms with E-state index in [2.05, 4.69) is 29.0 Å². The SMILES string of the molecule is CC1CC(C)CN(Cc2csc(NC(=O)C3=COCCC3)n2)C1. The number of amides is 1. The summed E-state index contributed by atoms with van der Waals surface area (Å²) in [5.41, 5.74) is 1.74. The molecule has 23 heavy (non-hydrogen) atoms. The molecule has 1 N–H and O–H groups in total. The van der Waals surface area contributed by atoms with Gasteiger partial charge in [-0.2, -0.15) is 0 Å². The lowest BCUT2D eigenvalue weighted by Gasteiger charge is -2.34. The molecule has 0 radical (unpaired) electrons. The monoisotopic (exact) mass is 335 g/mol. The van der Waals surface area contributed by atoms with E-state index < -0.39 is 0 Å². The highest BCUT2D eigenvalue weighted by atomic mass is 32.1. The van der Waals surface area contributed by atoms with Crippen molar-refractivity contribution in [2.24, 2.45) is 11.8 Å². The third-order valence-corrected chi connectivity index (χ3v) is 5.13. The molecule has 2 atom stereocenters. The fourth-order valence-corrected chi connectivity index (χ4v) is 4.19. The third-order valence-electron chi connectivity index (χ3n) is 4.33. The van der Waals surface area contributed by atoms with Gasteiger partial charge in [-0.1, -0.05) is 13.8 Å². The number of piperidine rings is 1. The van der Waals surface area contributed by atoms with Gasteiger partial charge in [-0.3, -0.25) is 15.0 Å². The summed E-state index contributed by atoms with van der Waals surface area (Å²) in [4.78, 5) is 19.2. The maximum Gasteiger partial charge on any atom is 0.256 e. The highest BCUT2D eigenvalue weighted by Crippen LogP contribution is 2.24. The van der Waals surface area contributed by atoms with Crippen LogP contribution >= 0.6 is 11.3 Å². The van der Waals surface area contributed by atoms with E-state index in [1.807, 2.05) is 5.38 Å². The smallest absolute Gasteiger partial charge is 0.256 e. The molecular formula is C17H25N3O2S. The van der Waals surface area contributed by atoms with Gasteiger partial charge in [0.1, 0.15) is 0 Å². The van der Waals surface area contributed by atoms with Gasteiger partial charge < -0.3 is 4.74 Å². The van der Waals surface area contributed by atoms with Gasteiger partial charge in [-0.15, -0.1) is 11.3 Å². The average molecular weight is 335 g/mol. The fraction of sp³-hybridized carbons (Fsp3) is 0.647. The molecule has 0 saturated carbocycles. The van der Waals surface area contributed by atoms with Gasteiger partial charge in [-0.25, -0.2) is 4.98 Å². The van der Waals surface area contributed by atoms with Gasteiger partial charge in [0.05, 0.1) is 24.1 Å². The largest absolute Gasteiger partial charge is 0.501 e. The normalized spacial score (nSPS) is 25.6. The number of anilines is 1. The van der Waals surface area contributed by atoms with Crippen molar-refractivity contribution >= 4 is 22.4 Å². The van der Waals surface area contributed by atoms with Gasteiger partial charge in [0.2, 0.25) is 0 Å². The molecule has 126 valence electrons. The number of hydrogen-bond donors (Lipinski definition) is 1. The Balaban J connectivity index is 1.55. The molecule has 1 amide bonds. The van der Waals surface area contributed by atoms with Crippen LogP contribution in [0.5, 0.6) is 0 Å². The van der Waals surface area contributed by atoms with Gasteiger partial charge in [0.15, 0.2) is 5.13 Å². The molecule has 2 aliphatic rings. The summed E-state index contributed by atoms with van der Waals surface area (Å²) in [6.07, 6.45) is 4.55. The Hall–Kier alpha value is -1.40. The lowest BCUT2D eigenvalue weighted by Crippen LogP contribution is -2.38. The van der Waals surface area contributed by atoms with Crippen molar-refractivity contribution in [2.75, 3.05) is 25.0 Å². The van der Waals surface area contributed by atoms with Crippen molar-refractivity contribution in [3.05, 3.63) is 22.9 Å². The first-order valence-corrected chi connectivity index (χ1v) is 9.27. The molecule has 1 aromatic rings. The van der Waals surface area contributed by atoms with E-state index >= 15 is 0 Å². The Morgan fingerprint density at radius 1 is 1.43 bits per heavy atom. The Bertz CT molecular complexity index is 574.